The zero-order valence-electron chi connectivity index (χ0n) is 11.3. The molecule has 0 spiro atoms. The molecule has 0 aliphatic rings. The fraction of sp³-hybridized carbons (Fsp3) is 0.294. The van der Waals surface area contributed by atoms with Crippen molar-refractivity contribution in [1.29, 1.82) is 0 Å². The van der Waals surface area contributed by atoms with Crippen LogP contribution in [0.2, 0.25) is 0 Å². The van der Waals surface area contributed by atoms with E-state index in [4.69, 9.17) is 0 Å². The van der Waals surface area contributed by atoms with Gasteiger partial charge < -0.3 is 5.32 Å². The van der Waals surface area contributed by atoms with Crippen LogP contribution >= 0.6 is 15.9 Å². The normalized spacial score (nSPS) is 12.3. The van der Waals surface area contributed by atoms with E-state index in [0.29, 0.717) is 6.04 Å². The van der Waals surface area contributed by atoms with Crippen molar-refractivity contribution in [3.05, 3.63) is 70.2 Å². The molecule has 2 heteroatoms. The van der Waals surface area contributed by atoms with E-state index in [-0.39, 0.29) is 0 Å². The highest BCUT2D eigenvalue weighted by Crippen LogP contribution is 2.21. The Bertz CT molecular complexity index is 496. The number of benzene rings is 2. The van der Waals surface area contributed by atoms with Crippen LogP contribution in [-0.2, 0) is 6.54 Å². The van der Waals surface area contributed by atoms with Crippen molar-refractivity contribution in [1.82, 2.24) is 5.32 Å². The molecule has 0 saturated heterocycles. The Hall–Kier alpha value is -1.12. The van der Waals surface area contributed by atoms with Gasteiger partial charge in [-0.05, 0) is 23.6 Å². The SMILES string of the molecule is CCCC(NCc1ccccc1Br)c1ccccc1. The van der Waals surface area contributed by atoms with Gasteiger partial charge in [-0.1, -0.05) is 77.8 Å². The van der Waals surface area contributed by atoms with Gasteiger partial charge >= 0.3 is 0 Å². The Kier molecular flexibility index (Phi) is 5.62. The highest BCUT2D eigenvalue weighted by atomic mass is 79.9. The summed E-state index contributed by atoms with van der Waals surface area (Å²) in [5.74, 6) is 0. The summed E-state index contributed by atoms with van der Waals surface area (Å²) in [5, 5.41) is 3.66. The van der Waals surface area contributed by atoms with Gasteiger partial charge in [0.25, 0.3) is 0 Å². The minimum atomic E-state index is 0.429. The lowest BCUT2D eigenvalue weighted by Crippen LogP contribution is -2.21. The average Bonchev–Trinajstić information content (AvgIpc) is 2.46. The molecule has 0 aliphatic heterocycles. The van der Waals surface area contributed by atoms with E-state index in [0.717, 1.165) is 13.0 Å². The third-order valence-corrected chi connectivity index (χ3v) is 4.05. The lowest BCUT2D eigenvalue weighted by molar-refractivity contribution is 0.493. The summed E-state index contributed by atoms with van der Waals surface area (Å²) in [5.41, 5.74) is 2.68. The summed E-state index contributed by atoms with van der Waals surface area (Å²) in [4.78, 5) is 0. The molecule has 19 heavy (non-hydrogen) atoms. The van der Waals surface area contributed by atoms with Crippen LogP contribution in [0.3, 0.4) is 0 Å². The first-order chi connectivity index (χ1) is 9.31. The first-order valence-electron chi connectivity index (χ1n) is 6.83. The highest BCUT2D eigenvalue weighted by Gasteiger charge is 2.10. The van der Waals surface area contributed by atoms with Gasteiger partial charge in [0.15, 0.2) is 0 Å². The van der Waals surface area contributed by atoms with Gasteiger partial charge in [-0.2, -0.15) is 0 Å². The summed E-state index contributed by atoms with van der Waals surface area (Å²) >= 11 is 3.60. The van der Waals surface area contributed by atoms with Crippen LogP contribution in [-0.4, -0.2) is 0 Å². The third-order valence-electron chi connectivity index (χ3n) is 3.28. The lowest BCUT2D eigenvalue weighted by Gasteiger charge is -2.19. The molecule has 0 fully saturated rings. The number of rotatable bonds is 6. The van der Waals surface area contributed by atoms with Gasteiger partial charge in [0.05, 0.1) is 0 Å². The quantitative estimate of drug-likeness (QED) is 0.783. The van der Waals surface area contributed by atoms with Crippen LogP contribution in [0.5, 0.6) is 0 Å². The molecule has 0 radical (unpaired) electrons. The molecule has 100 valence electrons. The van der Waals surface area contributed by atoms with Gasteiger partial charge in [-0.3, -0.25) is 0 Å². The molecule has 2 aromatic rings. The molecule has 0 amide bonds. The second kappa shape index (κ2) is 7.46. The van der Waals surface area contributed by atoms with Gasteiger partial charge in [0, 0.05) is 17.1 Å². The van der Waals surface area contributed by atoms with Crippen molar-refractivity contribution in [3.63, 3.8) is 0 Å². The van der Waals surface area contributed by atoms with Gasteiger partial charge in [-0.15, -0.1) is 0 Å². The fourth-order valence-electron chi connectivity index (χ4n) is 2.24. The number of nitrogens with one attached hydrogen (secondary N) is 1. The minimum absolute atomic E-state index is 0.429. The third kappa shape index (κ3) is 4.19. The number of hydrogen-bond donors (Lipinski definition) is 1. The molecule has 1 unspecified atom stereocenters. The molecule has 0 aliphatic carbocycles. The molecular formula is C17H20BrN. The summed E-state index contributed by atoms with van der Waals surface area (Å²) in [7, 11) is 0. The molecule has 0 saturated carbocycles. The van der Waals surface area contributed by atoms with Crippen molar-refractivity contribution >= 4 is 15.9 Å². The van der Waals surface area contributed by atoms with Gasteiger partial charge in [0.1, 0.15) is 0 Å². The standard InChI is InChI=1S/C17H20BrN/c1-2-8-17(14-9-4-3-5-10-14)19-13-15-11-6-7-12-16(15)18/h3-7,9-12,17,19H,2,8,13H2,1H3. The zero-order valence-corrected chi connectivity index (χ0v) is 12.9. The van der Waals surface area contributed by atoms with Crippen molar-refractivity contribution in [2.75, 3.05) is 0 Å². The maximum Gasteiger partial charge on any atom is 0.0323 e. The van der Waals surface area contributed by atoms with E-state index in [9.17, 15) is 0 Å². The molecular weight excluding hydrogens is 298 g/mol. The first kappa shape index (κ1) is 14.3. The number of hydrogen-bond acceptors (Lipinski definition) is 1. The van der Waals surface area contributed by atoms with E-state index in [1.54, 1.807) is 0 Å². The number of halogens is 1. The van der Waals surface area contributed by atoms with E-state index in [2.05, 4.69) is 76.7 Å². The summed E-state index contributed by atoms with van der Waals surface area (Å²) in [6.07, 6.45) is 2.34. The summed E-state index contributed by atoms with van der Waals surface area (Å²) in [6, 6.07) is 19.5. The predicted octanol–water partition coefficient (Wildman–Crippen LogP) is 5.08. The van der Waals surface area contributed by atoms with E-state index in [1.165, 1.54) is 22.0 Å². The van der Waals surface area contributed by atoms with Crippen LogP contribution in [0.25, 0.3) is 0 Å². The van der Waals surface area contributed by atoms with E-state index in [1.807, 2.05) is 6.07 Å². The molecule has 2 aromatic carbocycles. The van der Waals surface area contributed by atoms with E-state index >= 15 is 0 Å². The van der Waals surface area contributed by atoms with Crippen molar-refractivity contribution < 1.29 is 0 Å². The van der Waals surface area contributed by atoms with E-state index < -0.39 is 0 Å². The Morgan fingerprint density at radius 2 is 1.68 bits per heavy atom. The largest absolute Gasteiger partial charge is 0.306 e. The van der Waals surface area contributed by atoms with Crippen molar-refractivity contribution in [3.8, 4) is 0 Å². The molecule has 0 bridgehead atoms. The van der Waals surface area contributed by atoms with Gasteiger partial charge in [-0.25, -0.2) is 0 Å². The molecule has 0 aromatic heterocycles. The second-order valence-electron chi connectivity index (χ2n) is 4.72. The predicted molar refractivity (Wildman–Crippen MR) is 85.1 cm³/mol. The van der Waals surface area contributed by atoms with Crippen molar-refractivity contribution in [2.45, 2.75) is 32.4 Å². The molecule has 1 N–H and O–H groups in total. The molecule has 2 rings (SSSR count). The van der Waals surface area contributed by atoms with Crippen LogP contribution in [0.1, 0.15) is 36.9 Å². The smallest absolute Gasteiger partial charge is 0.0323 e. The average molecular weight is 318 g/mol. The van der Waals surface area contributed by atoms with Crippen molar-refractivity contribution in [2.24, 2.45) is 0 Å². The summed E-state index contributed by atoms with van der Waals surface area (Å²) in [6.45, 7) is 3.12. The Balaban J connectivity index is 2.04. The minimum Gasteiger partial charge on any atom is -0.306 e. The maximum absolute atomic E-state index is 3.66. The Morgan fingerprint density at radius 3 is 2.37 bits per heavy atom. The molecule has 1 nitrogen and oxygen atoms in total. The molecule has 0 heterocycles. The fourth-order valence-corrected chi connectivity index (χ4v) is 2.66. The topological polar surface area (TPSA) is 12.0 Å². The molecule has 1 atom stereocenters. The zero-order chi connectivity index (χ0) is 13.5. The lowest BCUT2D eigenvalue weighted by atomic mass is 10.0. The Morgan fingerprint density at radius 1 is 1.00 bits per heavy atom. The van der Waals surface area contributed by atoms with Gasteiger partial charge in [0.2, 0.25) is 0 Å². The monoisotopic (exact) mass is 317 g/mol. The highest BCUT2D eigenvalue weighted by molar-refractivity contribution is 9.10. The first-order valence-corrected chi connectivity index (χ1v) is 7.62. The van der Waals surface area contributed by atoms with Crippen LogP contribution in [0.15, 0.2) is 59.1 Å². The Labute approximate surface area is 124 Å². The maximum atomic E-state index is 3.66. The summed E-state index contributed by atoms with van der Waals surface area (Å²) < 4.78 is 1.17. The second-order valence-corrected chi connectivity index (χ2v) is 5.58. The van der Waals surface area contributed by atoms with Crippen LogP contribution in [0.4, 0.5) is 0 Å². The van der Waals surface area contributed by atoms with Crippen LogP contribution in [0, 0.1) is 0 Å². The van der Waals surface area contributed by atoms with Crippen LogP contribution < -0.4 is 5.32 Å².